The summed E-state index contributed by atoms with van der Waals surface area (Å²) in [4.78, 5) is 25.6. The van der Waals surface area contributed by atoms with Crippen LogP contribution in [0.25, 0.3) is 0 Å². The molecule has 132 valence electrons. The number of rotatable bonds is 8. The third-order valence-electron chi connectivity index (χ3n) is 3.82. The highest BCUT2D eigenvalue weighted by atomic mass is 35.5. The standard InChI is InChI=1S/C16H23ClN4O3/c17-12-2-1-3-13(10-12)20-15(22)11-14(16(23)24)19-6-9-21-7-4-18-5-8-21/h1-3,10,14,18-19H,4-9,11H2,(H,20,22)(H,23,24)/t14-/m0/s1. The van der Waals surface area contributed by atoms with Crippen LogP contribution in [0.3, 0.4) is 0 Å². The van der Waals surface area contributed by atoms with Crippen LogP contribution < -0.4 is 16.0 Å². The van der Waals surface area contributed by atoms with Gasteiger partial charge in [0, 0.05) is 50.0 Å². The molecule has 1 fully saturated rings. The summed E-state index contributed by atoms with van der Waals surface area (Å²) in [6.45, 7) is 5.10. The molecular formula is C16H23ClN4O3. The molecule has 2 rings (SSSR count). The van der Waals surface area contributed by atoms with Crippen LogP contribution in [0.4, 0.5) is 5.69 Å². The maximum atomic E-state index is 12.0. The van der Waals surface area contributed by atoms with E-state index in [1.807, 2.05) is 0 Å². The molecule has 1 heterocycles. The lowest BCUT2D eigenvalue weighted by atomic mass is 10.2. The molecular weight excluding hydrogens is 332 g/mol. The number of aliphatic carboxylic acids is 1. The number of benzene rings is 1. The number of hydrogen-bond donors (Lipinski definition) is 4. The fourth-order valence-corrected chi connectivity index (χ4v) is 2.73. The van der Waals surface area contributed by atoms with E-state index in [2.05, 4.69) is 20.9 Å². The molecule has 0 aromatic heterocycles. The van der Waals surface area contributed by atoms with Crippen molar-refractivity contribution in [2.45, 2.75) is 12.5 Å². The van der Waals surface area contributed by atoms with Gasteiger partial charge in [-0.05, 0) is 18.2 Å². The first-order valence-corrected chi connectivity index (χ1v) is 8.37. The fraction of sp³-hybridized carbons (Fsp3) is 0.500. The van der Waals surface area contributed by atoms with Crippen LogP contribution >= 0.6 is 11.6 Å². The van der Waals surface area contributed by atoms with E-state index in [-0.39, 0.29) is 12.3 Å². The number of carbonyl (C=O) groups excluding carboxylic acids is 1. The Bertz CT molecular complexity index is 564. The van der Waals surface area contributed by atoms with Crippen LogP contribution in [-0.4, -0.2) is 67.2 Å². The van der Waals surface area contributed by atoms with Gasteiger partial charge in [-0.3, -0.25) is 14.5 Å². The zero-order valence-corrected chi connectivity index (χ0v) is 14.2. The minimum absolute atomic E-state index is 0.136. The Kier molecular flexibility index (Phi) is 7.45. The summed E-state index contributed by atoms with van der Waals surface area (Å²) in [5.41, 5.74) is 0.553. The molecule has 1 amide bonds. The molecule has 0 unspecified atom stereocenters. The van der Waals surface area contributed by atoms with Crippen molar-refractivity contribution < 1.29 is 14.7 Å². The predicted molar refractivity (Wildman–Crippen MR) is 93.4 cm³/mol. The summed E-state index contributed by atoms with van der Waals surface area (Å²) in [7, 11) is 0. The summed E-state index contributed by atoms with van der Waals surface area (Å²) < 4.78 is 0. The second-order valence-corrected chi connectivity index (χ2v) is 6.14. The smallest absolute Gasteiger partial charge is 0.321 e. The van der Waals surface area contributed by atoms with Gasteiger partial charge in [0.2, 0.25) is 5.91 Å². The first kappa shape index (κ1) is 18.7. The number of carbonyl (C=O) groups is 2. The molecule has 1 saturated heterocycles. The van der Waals surface area contributed by atoms with Crippen LogP contribution in [0, 0.1) is 0 Å². The second kappa shape index (κ2) is 9.58. The Labute approximate surface area is 146 Å². The normalized spacial score (nSPS) is 16.5. The lowest BCUT2D eigenvalue weighted by molar-refractivity contribution is -0.141. The number of hydrogen-bond acceptors (Lipinski definition) is 5. The van der Waals surface area contributed by atoms with Crippen LogP contribution in [-0.2, 0) is 9.59 Å². The highest BCUT2D eigenvalue weighted by Crippen LogP contribution is 2.15. The average Bonchev–Trinajstić information content (AvgIpc) is 2.54. The first-order chi connectivity index (χ1) is 11.5. The zero-order chi connectivity index (χ0) is 17.4. The molecule has 0 saturated carbocycles. The van der Waals surface area contributed by atoms with Gasteiger partial charge in [-0.2, -0.15) is 0 Å². The fourth-order valence-electron chi connectivity index (χ4n) is 2.54. The zero-order valence-electron chi connectivity index (χ0n) is 13.4. The van der Waals surface area contributed by atoms with E-state index >= 15 is 0 Å². The largest absolute Gasteiger partial charge is 0.480 e. The molecule has 8 heteroatoms. The minimum Gasteiger partial charge on any atom is -0.480 e. The molecule has 0 radical (unpaired) electrons. The van der Waals surface area contributed by atoms with E-state index in [9.17, 15) is 14.7 Å². The second-order valence-electron chi connectivity index (χ2n) is 5.70. The summed E-state index contributed by atoms with van der Waals surface area (Å²) in [5, 5.41) is 18.7. The summed E-state index contributed by atoms with van der Waals surface area (Å²) in [6, 6.07) is 5.84. The molecule has 0 aliphatic carbocycles. The van der Waals surface area contributed by atoms with Gasteiger partial charge in [0.1, 0.15) is 6.04 Å². The molecule has 1 aromatic rings. The molecule has 1 aliphatic heterocycles. The highest BCUT2D eigenvalue weighted by Gasteiger charge is 2.21. The number of nitrogens with zero attached hydrogens (tertiary/aromatic N) is 1. The van der Waals surface area contributed by atoms with E-state index in [4.69, 9.17) is 11.6 Å². The summed E-state index contributed by atoms with van der Waals surface area (Å²) in [5.74, 6) is -1.39. The van der Waals surface area contributed by atoms with Gasteiger partial charge in [-0.15, -0.1) is 0 Å². The van der Waals surface area contributed by atoms with Crippen molar-refractivity contribution >= 4 is 29.2 Å². The van der Waals surface area contributed by atoms with Crippen molar-refractivity contribution in [1.82, 2.24) is 15.5 Å². The van der Waals surface area contributed by atoms with E-state index in [1.54, 1.807) is 24.3 Å². The number of halogens is 1. The molecule has 24 heavy (non-hydrogen) atoms. The third kappa shape index (κ3) is 6.45. The van der Waals surface area contributed by atoms with E-state index in [0.29, 0.717) is 17.3 Å². The maximum absolute atomic E-state index is 12.0. The van der Waals surface area contributed by atoms with Gasteiger partial charge in [-0.25, -0.2) is 0 Å². The van der Waals surface area contributed by atoms with E-state index in [1.165, 1.54) is 0 Å². The number of anilines is 1. The topological polar surface area (TPSA) is 93.7 Å². The molecule has 0 spiro atoms. The van der Waals surface area contributed by atoms with Crippen molar-refractivity contribution in [3.05, 3.63) is 29.3 Å². The van der Waals surface area contributed by atoms with Gasteiger partial charge in [0.05, 0.1) is 6.42 Å². The minimum atomic E-state index is -1.03. The summed E-state index contributed by atoms with van der Waals surface area (Å²) >= 11 is 5.86. The third-order valence-corrected chi connectivity index (χ3v) is 4.06. The molecule has 1 aromatic carbocycles. The molecule has 0 bridgehead atoms. The van der Waals surface area contributed by atoms with Gasteiger partial charge >= 0.3 is 5.97 Å². The number of piperazine rings is 1. The Hall–Kier alpha value is -1.67. The number of carboxylic acids is 1. The first-order valence-electron chi connectivity index (χ1n) is 7.99. The molecule has 4 N–H and O–H groups in total. The number of amides is 1. The Morgan fingerprint density at radius 1 is 1.33 bits per heavy atom. The molecule has 7 nitrogen and oxygen atoms in total. The van der Waals surface area contributed by atoms with Crippen LogP contribution in [0.15, 0.2) is 24.3 Å². The maximum Gasteiger partial charge on any atom is 0.321 e. The Morgan fingerprint density at radius 2 is 2.08 bits per heavy atom. The van der Waals surface area contributed by atoms with Gasteiger partial charge in [0.25, 0.3) is 0 Å². The van der Waals surface area contributed by atoms with E-state index < -0.39 is 12.0 Å². The Balaban J connectivity index is 1.77. The van der Waals surface area contributed by atoms with Crippen molar-refractivity contribution in [2.75, 3.05) is 44.6 Å². The van der Waals surface area contributed by atoms with Crippen molar-refractivity contribution in [3.63, 3.8) is 0 Å². The predicted octanol–water partition coefficient (Wildman–Crippen LogP) is 0.617. The highest BCUT2D eigenvalue weighted by molar-refractivity contribution is 6.30. The van der Waals surface area contributed by atoms with Crippen molar-refractivity contribution in [1.29, 1.82) is 0 Å². The summed E-state index contributed by atoms with van der Waals surface area (Å²) in [6.07, 6.45) is -0.136. The van der Waals surface area contributed by atoms with Gasteiger partial charge < -0.3 is 21.1 Å². The average molecular weight is 355 g/mol. The van der Waals surface area contributed by atoms with Crippen molar-refractivity contribution in [3.8, 4) is 0 Å². The Morgan fingerprint density at radius 3 is 2.75 bits per heavy atom. The number of nitrogens with one attached hydrogen (secondary N) is 3. The van der Waals surface area contributed by atoms with Gasteiger partial charge in [0.15, 0.2) is 0 Å². The lowest BCUT2D eigenvalue weighted by Crippen LogP contribution is -2.48. The van der Waals surface area contributed by atoms with Crippen LogP contribution in [0.5, 0.6) is 0 Å². The molecule has 1 aliphatic rings. The SMILES string of the molecule is O=C(C[C@H](NCCN1CCNCC1)C(=O)O)Nc1cccc(Cl)c1. The van der Waals surface area contributed by atoms with Crippen LogP contribution in [0.2, 0.25) is 5.02 Å². The lowest BCUT2D eigenvalue weighted by Gasteiger charge is -2.27. The molecule has 1 atom stereocenters. The van der Waals surface area contributed by atoms with Crippen LogP contribution in [0.1, 0.15) is 6.42 Å². The number of carboxylic acid groups (broad SMARTS) is 1. The van der Waals surface area contributed by atoms with Gasteiger partial charge in [-0.1, -0.05) is 17.7 Å². The van der Waals surface area contributed by atoms with E-state index in [0.717, 1.165) is 32.7 Å². The monoisotopic (exact) mass is 354 g/mol. The van der Waals surface area contributed by atoms with Crippen molar-refractivity contribution in [2.24, 2.45) is 0 Å². The quantitative estimate of drug-likeness (QED) is 0.547.